The minimum Gasteiger partial charge on any atom is -0.493 e. The molecule has 0 spiro atoms. The Balaban J connectivity index is 2.14. The number of rotatable bonds is 5. The molecule has 0 saturated heterocycles. The number of hydrogen-bond donors (Lipinski definition) is 2. The summed E-state index contributed by atoms with van der Waals surface area (Å²) in [6.07, 6.45) is 2.15. The van der Waals surface area contributed by atoms with Gasteiger partial charge in [-0.2, -0.15) is 8.78 Å². The zero-order valence-electron chi connectivity index (χ0n) is 11.0. The maximum absolute atomic E-state index is 12.3. The summed E-state index contributed by atoms with van der Waals surface area (Å²) in [5, 5.41) is 2.60. The molecule has 0 aliphatic heterocycles. The van der Waals surface area contributed by atoms with Gasteiger partial charge in [0.15, 0.2) is 11.5 Å². The average Bonchev–Trinajstić information content (AvgIpc) is 2.35. The summed E-state index contributed by atoms with van der Waals surface area (Å²) in [5.41, 5.74) is 5.36. The molecule has 0 bridgehead atoms. The summed E-state index contributed by atoms with van der Waals surface area (Å²) in [4.78, 5) is 11.9. The Morgan fingerprint density at radius 1 is 1.40 bits per heavy atom. The molecule has 0 unspecified atom stereocenters. The van der Waals surface area contributed by atoms with E-state index < -0.39 is 12.2 Å². The van der Waals surface area contributed by atoms with E-state index in [1.54, 1.807) is 0 Å². The first kappa shape index (κ1) is 14.5. The largest absolute Gasteiger partial charge is 0.493 e. The maximum atomic E-state index is 12.3. The van der Waals surface area contributed by atoms with Crippen molar-refractivity contribution in [2.75, 3.05) is 12.4 Å². The lowest BCUT2D eigenvalue weighted by Crippen LogP contribution is -2.56. The highest BCUT2D eigenvalue weighted by Crippen LogP contribution is 2.33. The van der Waals surface area contributed by atoms with Gasteiger partial charge in [0.2, 0.25) is 5.91 Å². The first-order valence-electron chi connectivity index (χ1n) is 6.18. The Morgan fingerprint density at radius 3 is 2.60 bits per heavy atom. The second-order valence-corrected chi connectivity index (χ2v) is 4.71. The van der Waals surface area contributed by atoms with Crippen LogP contribution in [0.3, 0.4) is 0 Å². The van der Waals surface area contributed by atoms with Crippen LogP contribution < -0.4 is 20.5 Å². The highest BCUT2D eigenvalue weighted by molar-refractivity contribution is 5.98. The fraction of sp³-hybridized carbons (Fsp3) is 0.462. The molecule has 0 heterocycles. The molecule has 7 heteroatoms. The molecule has 1 fully saturated rings. The number of carbonyl (C=O) groups excluding carboxylic acids is 1. The number of nitrogens with one attached hydrogen (secondary N) is 1. The van der Waals surface area contributed by atoms with Crippen molar-refractivity contribution in [1.29, 1.82) is 0 Å². The van der Waals surface area contributed by atoms with Gasteiger partial charge in [-0.3, -0.25) is 4.79 Å². The molecule has 20 heavy (non-hydrogen) atoms. The normalized spacial score (nSPS) is 16.4. The quantitative estimate of drug-likeness (QED) is 0.869. The molecule has 1 aliphatic rings. The summed E-state index contributed by atoms with van der Waals surface area (Å²) < 4.78 is 33.9. The van der Waals surface area contributed by atoms with E-state index in [0.29, 0.717) is 18.5 Å². The van der Waals surface area contributed by atoms with Crippen LogP contribution in [0.25, 0.3) is 0 Å². The number of benzene rings is 1. The van der Waals surface area contributed by atoms with Crippen molar-refractivity contribution in [2.45, 2.75) is 31.4 Å². The molecule has 3 N–H and O–H groups in total. The topological polar surface area (TPSA) is 73.6 Å². The lowest BCUT2D eigenvalue weighted by molar-refractivity contribution is -0.123. The van der Waals surface area contributed by atoms with Gasteiger partial charge in [-0.1, -0.05) is 0 Å². The van der Waals surface area contributed by atoms with Gasteiger partial charge in [-0.25, -0.2) is 0 Å². The monoisotopic (exact) mass is 286 g/mol. The molecule has 1 aromatic rings. The predicted octanol–water partition coefficient (Wildman–Crippen LogP) is 2.12. The maximum Gasteiger partial charge on any atom is 0.387 e. The standard InChI is InChI=1S/C13H16F2N2O3/c1-19-9-4-3-8(7-10(9)20-12(14)15)17-11(18)13(16)5-2-6-13/h3-4,7,12H,2,5-6,16H2,1H3,(H,17,18). The number of hydrogen-bond acceptors (Lipinski definition) is 4. The molecular formula is C13H16F2N2O3. The number of halogens is 2. The van der Waals surface area contributed by atoms with Crippen molar-refractivity contribution in [2.24, 2.45) is 5.73 Å². The third-order valence-electron chi connectivity index (χ3n) is 3.34. The first-order valence-corrected chi connectivity index (χ1v) is 6.18. The fourth-order valence-electron chi connectivity index (χ4n) is 1.98. The predicted molar refractivity (Wildman–Crippen MR) is 69.0 cm³/mol. The van der Waals surface area contributed by atoms with Crippen molar-refractivity contribution in [3.05, 3.63) is 18.2 Å². The van der Waals surface area contributed by atoms with Gasteiger partial charge in [0.05, 0.1) is 12.6 Å². The van der Waals surface area contributed by atoms with Gasteiger partial charge in [0, 0.05) is 11.8 Å². The number of ether oxygens (including phenoxy) is 2. The van der Waals surface area contributed by atoms with Crippen LogP contribution in [-0.2, 0) is 4.79 Å². The highest BCUT2D eigenvalue weighted by atomic mass is 19.3. The molecule has 1 aromatic carbocycles. The second kappa shape index (κ2) is 5.62. The van der Waals surface area contributed by atoms with Crippen LogP contribution in [0.15, 0.2) is 18.2 Å². The SMILES string of the molecule is COc1ccc(NC(=O)C2(N)CCC2)cc1OC(F)F. The van der Waals surface area contributed by atoms with Crippen LogP contribution in [-0.4, -0.2) is 25.2 Å². The van der Waals surface area contributed by atoms with E-state index in [1.807, 2.05) is 0 Å². The van der Waals surface area contributed by atoms with E-state index in [2.05, 4.69) is 10.1 Å². The van der Waals surface area contributed by atoms with E-state index in [4.69, 9.17) is 10.5 Å². The van der Waals surface area contributed by atoms with E-state index in [0.717, 1.165) is 6.42 Å². The number of alkyl halides is 2. The summed E-state index contributed by atoms with van der Waals surface area (Å²) >= 11 is 0. The number of carbonyl (C=O) groups is 1. The lowest BCUT2D eigenvalue weighted by atomic mass is 9.77. The van der Waals surface area contributed by atoms with Crippen LogP contribution in [0.5, 0.6) is 11.5 Å². The molecule has 0 radical (unpaired) electrons. The Kier molecular flexibility index (Phi) is 4.08. The minimum atomic E-state index is -2.97. The van der Waals surface area contributed by atoms with Crippen LogP contribution in [0.4, 0.5) is 14.5 Å². The number of methoxy groups -OCH3 is 1. The Labute approximate surface area is 115 Å². The van der Waals surface area contributed by atoms with Crippen LogP contribution in [0.1, 0.15) is 19.3 Å². The molecule has 0 atom stereocenters. The molecule has 0 aromatic heterocycles. The zero-order chi connectivity index (χ0) is 14.8. The molecule has 5 nitrogen and oxygen atoms in total. The highest BCUT2D eigenvalue weighted by Gasteiger charge is 2.40. The molecule has 1 aliphatic carbocycles. The number of nitrogens with two attached hydrogens (primary N) is 1. The zero-order valence-corrected chi connectivity index (χ0v) is 11.0. The average molecular weight is 286 g/mol. The molecular weight excluding hydrogens is 270 g/mol. The molecule has 2 rings (SSSR count). The van der Waals surface area contributed by atoms with Crippen LogP contribution >= 0.6 is 0 Å². The Hall–Kier alpha value is -1.89. The lowest BCUT2D eigenvalue weighted by Gasteiger charge is -2.36. The van der Waals surface area contributed by atoms with Crippen LogP contribution in [0, 0.1) is 0 Å². The summed E-state index contributed by atoms with van der Waals surface area (Å²) in [7, 11) is 1.34. The van der Waals surface area contributed by atoms with Gasteiger partial charge in [0.1, 0.15) is 0 Å². The van der Waals surface area contributed by atoms with Gasteiger partial charge >= 0.3 is 6.61 Å². The van der Waals surface area contributed by atoms with E-state index in [-0.39, 0.29) is 17.4 Å². The van der Waals surface area contributed by atoms with E-state index in [1.165, 1.54) is 25.3 Å². The molecule has 1 saturated carbocycles. The Bertz CT molecular complexity index is 504. The van der Waals surface area contributed by atoms with Crippen molar-refractivity contribution in [1.82, 2.24) is 0 Å². The number of amides is 1. The van der Waals surface area contributed by atoms with Crippen LogP contribution in [0.2, 0.25) is 0 Å². The Morgan fingerprint density at radius 2 is 2.10 bits per heavy atom. The second-order valence-electron chi connectivity index (χ2n) is 4.71. The molecule has 1 amide bonds. The van der Waals surface area contributed by atoms with Crippen molar-refractivity contribution in [3.63, 3.8) is 0 Å². The molecule has 110 valence electrons. The smallest absolute Gasteiger partial charge is 0.387 e. The van der Waals surface area contributed by atoms with Gasteiger partial charge in [0.25, 0.3) is 0 Å². The van der Waals surface area contributed by atoms with Gasteiger partial charge < -0.3 is 20.5 Å². The summed E-state index contributed by atoms with van der Waals surface area (Å²) in [5.74, 6) is -0.300. The summed E-state index contributed by atoms with van der Waals surface area (Å²) in [6, 6.07) is 4.26. The van der Waals surface area contributed by atoms with Crippen molar-refractivity contribution < 1.29 is 23.0 Å². The number of anilines is 1. The fourth-order valence-corrected chi connectivity index (χ4v) is 1.98. The summed E-state index contributed by atoms with van der Waals surface area (Å²) in [6.45, 7) is -2.97. The van der Waals surface area contributed by atoms with Crippen molar-refractivity contribution >= 4 is 11.6 Å². The minimum absolute atomic E-state index is 0.139. The van der Waals surface area contributed by atoms with Crippen molar-refractivity contribution in [3.8, 4) is 11.5 Å². The van der Waals surface area contributed by atoms with E-state index >= 15 is 0 Å². The first-order chi connectivity index (χ1) is 9.44. The third kappa shape index (κ3) is 2.98. The third-order valence-corrected chi connectivity index (χ3v) is 3.34. The van der Waals surface area contributed by atoms with E-state index in [9.17, 15) is 13.6 Å². The van der Waals surface area contributed by atoms with Gasteiger partial charge in [-0.05, 0) is 31.4 Å². The van der Waals surface area contributed by atoms with Gasteiger partial charge in [-0.15, -0.1) is 0 Å².